The molecule has 1 aliphatic carbocycles. The van der Waals surface area contributed by atoms with E-state index >= 15 is 0 Å². The molecule has 2 nitrogen and oxygen atoms in total. The fraction of sp³-hybridized carbons (Fsp3) is 0.296. The predicted molar refractivity (Wildman–Crippen MR) is 122 cm³/mol. The standard InChI is InChI=1S/C27H28N2.Rh/c1-17-5-9-26-22(11-17)14-24(28-26)13-20-7-8-21(19(20)3)15-25-16-23-12-18(2)6-10-27(23)29(25)4;/h5-6,9-13,15H,7-8,14,16H2,1-4H3;. The average molecular weight is 483 g/mol. The smallest absolute Gasteiger partial charge is 0.208 e. The van der Waals surface area contributed by atoms with Crippen molar-refractivity contribution in [3.05, 3.63) is 98.5 Å². The van der Waals surface area contributed by atoms with Gasteiger partial charge in [-0.25, -0.2) is 0 Å². The van der Waals surface area contributed by atoms with Gasteiger partial charge in [-0.2, -0.15) is 10.3 Å². The maximum Gasteiger partial charge on any atom is 0.208 e. The van der Waals surface area contributed by atoms with Gasteiger partial charge in [0.2, 0.25) is 5.69 Å². The van der Waals surface area contributed by atoms with E-state index in [0.29, 0.717) is 0 Å². The Hall–Kier alpha value is -2.25. The molecule has 1 radical (unpaired) electrons. The van der Waals surface area contributed by atoms with E-state index in [1.54, 1.807) is 0 Å². The minimum atomic E-state index is 0. The van der Waals surface area contributed by atoms with Gasteiger partial charge in [-0.15, -0.1) is 5.69 Å². The van der Waals surface area contributed by atoms with E-state index in [0.717, 1.165) is 31.4 Å². The van der Waals surface area contributed by atoms with Gasteiger partial charge in [-0.1, -0.05) is 47.0 Å². The zero-order valence-corrected chi connectivity index (χ0v) is 19.8. The molecule has 2 aliphatic heterocycles. The van der Waals surface area contributed by atoms with Crippen molar-refractivity contribution >= 4 is 17.1 Å². The molecule has 0 atom stereocenters. The van der Waals surface area contributed by atoms with Gasteiger partial charge in [-0.3, -0.25) is 0 Å². The van der Waals surface area contributed by atoms with Crippen molar-refractivity contribution in [1.29, 1.82) is 0 Å². The Balaban J connectivity index is 0.00000218. The van der Waals surface area contributed by atoms with Crippen LogP contribution in [-0.4, -0.2) is 17.3 Å². The Morgan fingerprint density at radius 2 is 1.60 bits per heavy atom. The van der Waals surface area contributed by atoms with E-state index in [1.165, 1.54) is 56.1 Å². The number of hydrogen-bond acceptors (Lipinski definition) is 0. The second-order valence-corrected chi connectivity index (χ2v) is 8.74. The third-order valence-electron chi connectivity index (χ3n) is 6.58. The molecule has 0 saturated heterocycles. The minimum absolute atomic E-state index is 0. The molecule has 0 fully saturated rings. The van der Waals surface area contributed by atoms with Crippen LogP contribution in [0.5, 0.6) is 0 Å². The molecular formula is C27H28N2Rh. The quantitative estimate of drug-likeness (QED) is 0.332. The van der Waals surface area contributed by atoms with Gasteiger partial charge in [0.25, 0.3) is 0 Å². The molecule has 0 spiro atoms. The zero-order valence-electron chi connectivity index (χ0n) is 18.2. The number of benzene rings is 2. The summed E-state index contributed by atoms with van der Waals surface area (Å²) in [5.74, 6) is 0. The third kappa shape index (κ3) is 3.76. The van der Waals surface area contributed by atoms with Gasteiger partial charge in [0.1, 0.15) is 7.05 Å². The number of aryl methyl sites for hydroxylation is 2. The van der Waals surface area contributed by atoms with Crippen LogP contribution in [0.1, 0.15) is 42.0 Å². The molecule has 2 aromatic carbocycles. The molecular weight excluding hydrogens is 455 g/mol. The second-order valence-electron chi connectivity index (χ2n) is 8.74. The monoisotopic (exact) mass is 483 g/mol. The van der Waals surface area contributed by atoms with Crippen molar-refractivity contribution in [3.8, 4) is 0 Å². The Morgan fingerprint density at radius 1 is 0.867 bits per heavy atom. The van der Waals surface area contributed by atoms with Crippen LogP contribution < -0.4 is 0 Å². The van der Waals surface area contributed by atoms with Crippen molar-refractivity contribution in [2.24, 2.45) is 0 Å². The first-order chi connectivity index (χ1) is 14.0. The maximum atomic E-state index is 4.86. The fourth-order valence-electron chi connectivity index (χ4n) is 4.85. The molecule has 3 heteroatoms. The average Bonchev–Trinajstić information content (AvgIpc) is 3.33. The third-order valence-corrected chi connectivity index (χ3v) is 6.58. The summed E-state index contributed by atoms with van der Waals surface area (Å²) in [5, 5.41) is 4.86. The first kappa shape index (κ1) is 21.0. The van der Waals surface area contributed by atoms with E-state index in [9.17, 15) is 0 Å². The zero-order chi connectivity index (χ0) is 20.1. The molecule has 2 heterocycles. The molecule has 2 aromatic rings. The molecule has 155 valence electrons. The molecule has 0 saturated carbocycles. The van der Waals surface area contributed by atoms with Gasteiger partial charge in [0.15, 0.2) is 5.71 Å². The first-order valence-electron chi connectivity index (χ1n) is 10.6. The molecule has 5 rings (SSSR count). The van der Waals surface area contributed by atoms with E-state index < -0.39 is 0 Å². The van der Waals surface area contributed by atoms with Crippen LogP contribution in [-0.2, 0) is 32.3 Å². The van der Waals surface area contributed by atoms with Crippen LogP contribution in [0.25, 0.3) is 5.32 Å². The Labute approximate surface area is 192 Å². The van der Waals surface area contributed by atoms with E-state index in [1.807, 2.05) is 0 Å². The maximum absolute atomic E-state index is 4.86. The van der Waals surface area contributed by atoms with Crippen LogP contribution in [0, 0.1) is 13.8 Å². The van der Waals surface area contributed by atoms with Crippen molar-refractivity contribution in [2.75, 3.05) is 7.05 Å². The Kier molecular flexibility index (Phi) is 5.68. The van der Waals surface area contributed by atoms with Gasteiger partial charge < -0.3 is 5.32 Å². The molecule has 0 unspecified atom stereocenters. The SMILES string of the molecule is CC1=C(/C=C2/Cc3cc(C)ccc3[N-]2)CC/C1=C\C1=[N+](C)c2ccc(C)cc2C1.[Rh]. The molecule has 0 bridgehead atoms. The van der Waals surface area contributed by atoms with Gasteiger partial charge in [-0.05, 0) is 62.8 Å². The summed E-state index contributed by atoms with van der Waals surface area (Å²) >= 11 is 0. The van der Waals surface area contributed by atoms with E-state index in [-0.39, 0.29) is 19.5 Å². The largest absolute Gasteiger partial charge is 0.661 e. The minimum Gasteiger partial charge on any atom is -0.661 e. The van der Waals surface area contributed by atoms with Crippen LogP contribution in [0.3, 0.4) is 0 Å². The number of fused-ring (bicyclic) bond motifs is 2. The van der Waals surface area contributed by atoms with Gasteiger partial charge >= 0.3 is 0 Å². The van der Waals surface area contributed by atoms with Crippen LogP contribution in [0.2, 0.25) is 0 Å². The molecule has 0 amide bonds. The summed E-state index contributed by atoms with van der Waals surface area (Å²) in [6.07, 6.45) is 9.01. The topological polar surface area (TPSA) is 17.1 Å². The van der Waals surface area contributed by atoms with E-state index in [4.69, 9.17) is 5.32 Å². The molecule has 3 aliphatic rings. The summed E-state index contributed by atoms with van der Waals surface area (Å²) in [6, 6.07) is 13.4. The van der Waals surface area contributed by atoms with Crippen LogP contribution in [0.4, 0.5) is 11.4 Å². The normalized spacial score (nSPS) is 20.0. The van der Waals surface area contributed by atoms with Crippen molar-refractivity contribution in [3.63, 3.8) is 0 Å². The number of nitrogens with zero attached hydrogens (tertiary/aromatic N) is 2. The number of rotatable bonds is 2. The van der Waals surface area contributed by atoms with Crippen molar-refractivity contribution in [2.45, 2.75) is 46.5 Å². The molecule has 0 aromatic heterocycles. The number of allylic oxidation sites excluding steroid dienone is 6. The summed E-state index contributed by atoms with van der Waals surface area (Å²) in [5.41, 5.74) is 14.9. The van der Waals surface area contributed by atoms with Crippen LogP contribution in [0.15, 0.2) is 71.0 Å². The molecule has 0 N–H and O–H groups in total. The van der Waals surface area contributed by atoms with Gasteiger partial charge in [0.05, 0.1) is 6.42 Å². The van der Waals surface area contributed by atoms with Crippen molar-refractivity contribution < 1.29 is 24.1 Å². The summed E-state index contributed by atoms with van der Waals surface area (Å²) in [4.78, 5) is 0. The van der Waals surface area contributed by atoms with E-state index in [2.05, 4.69) is 80.9 Å². The molecule has 30 heavy (non-hydrogen) atoms. The summed E-state index contributed by atoms with van der Waals surface area (Å²) in [6.45, 7) is 6.61. The Morgan fingerprint density at radius 3 is 2.40 bits per heavy atom. The van der Waals surface area contributed by atoms with Crippen molar-refractivity contribution in [1.82, 2.24) is 0 Å². The summed E-state index contributed by atoms with van der Waals surface area (Å²) in [7, 11) is 2.20. The predicted octanol–water partition coefficient (Wildman–Crippen LogP) is 6.75. The fourth-order valence-corrected chi connectivity index (χ4v) is 4.85. The number of hydrogen-bond donors (Lipinski definition) is 0. The Bertz CT molecular complexity index is 1160. The second kappa shape index (κ2) is 8.12. The van der Waals surface area contributed by atoms with Gasteiger partial charge in [0, 0.05) is 37.2 Å². The summed E-state index contributed by atoms with van der Waals surface area (Å²) < 4.78 is 2.36. The first-order valence-corrected chi connectivity index (χ1v) is 10.6. The van der Waals surface area contributed by atoms with Crippen LogP contribution >= 0.6 is 0 Å².